The summed E-state index contributed by atoms with van der Waals surface area (Å²) in [4.78, 5) is 14.5. The van der Waals surface area contributed by atoms with Gasteiger partial charge in [0.1, 0.15) is 11.5 Å². The second-order valence-electron chi connectivity index (χ2n) is 6.17. The number of amides is 2. The predicted octanol–water partition coefficient (Wildman–Crippen LogP) is 4.23. The van der Waals surface area contributed by atoms with Crippen LogP contribution in [0.1, 0.15) is 24.9 Å². The van der Waals surface area contributed by atoms with Gasteiger partial charge in [0, 0.05) is 16.5 Å². The van der Waals surface area contributed by atoms with Gasteiger partial charge in [0.05, 0.1) is 18.8 Å². The second-order valence-corrected chi connectivity index (χ2v) is 7.09. The highest BCUT2D eigenvalue weighted by Crippen LogP contribution is 2.47. The second kappa shape index (κ2) is 5.41. The molecular weight excluding hydrogens is 372 g/mol. The van der Waals surface area contributed by atoms with Crippen LogP contribution in [0.25, 0.3) is 0 Å². The van der Waals surface area contributed by atoms with Gasteiger partial charge in [-0.25, -0.2) is 4.79 Å². The summed E-state index contributed by atoms with van der Waals surface area (Å²) in [6, 6.07) is 13.1. The van der Waals surface area contributed by atoms with Crippen LogP contribution in [0.4, 0.5) is 10.5 Å². The largest absolute Gasteiger partial charge is 0.495 e. The Kier molecular flexibility index (Phi) is 3.46. The van der Waals surface area contributed by atoms with E-state index in [1.807, 2.05) is 49.4 Å². The van der Waals surface area contributed by atoms with Gasteiger partial charge in [-0.2, -0.15) is 0 Å². The lowest BCUT2D eigenvalue weighted by Crippen LogP contribution is -2.65. The zero-order valence-electron chi connectivity index (χ0n) is 13.4. The van der Waals surface area contributed by atoms with E-state index < -0.39 is 5.72 Å². The molecule has 6 heteroatoms. The van der Waals surface area contributed by atoms with Crippen LogP contribution in [0.15, 0.2) is 46.9 Å². The van der Waals surface area contributed by atoms with Crippen molar-refractivity contribution < 1.29 is 14.3 Å². The Balaban J connectivity index is 1.82. The fourth-order valence-electron chi connectivity index (χ4n) is 3.52. The molecule has 0 aliphatic carbocycles. The maximum absolute atomic E-state index is 12.8. The van der Waals surface area contributed by atoms with Crippen LogP contribution in [-0.2, 0) is 0 Å². The number of anilines is 1. The van der Waals surface area contributed by atoms with Crippen molar-refractivity contribution in [1.29, 1.82) is 0 Å². The van der Waals surface area contributed by atoms with E-state index in [9.17, 15) is 4.79 Å². The highest BCUT2D eigenvalue weighted by Gasteiger charge is 2.50. The molecule has 24 heavy (non-hydrogen) atoms. The van der Waals surface area contributed by atoms with Crippen molar-refractivity contribution in [2.75, 3.05) is 12.0 Å². The van der Waals surface area contributed by atoms with Crippen LogP contribution in [-0.4, -0.2) is 18.9 Å². The first-order valence-electron chi connectivity index (χ1n) is 7.74. The molecule has 2 bridgehead atoms. The van der Waals surface area contributed by atoms with Gasteiger partial charge in [0.15, 0.2) is 5.72 Å². The molecule has 2 amide bonds. The van der Waals surface area contributed by atoms with Gasteiger partial charge in [-0.05, 0) is 37.3 Å². The average Bonchev–Trinajstić information content (AvgIpc) is 2.55. The number of carbonyl (C=O) groups excluding carboxylic acids is 1. The monoisotopic (exact) mass is 388 g/mol. The van der Waals surface area contributed by atoms with Crippen molar-refractivity contribution >= 4 is 27.6 Å². The van der Waals surface area contributed by atoms with Crippen LogP contribution in [0.3, 0.4) is 0 Å². The van der Waals surface area contributed by atoms with Crippen LogP contribution in [0, 0.1) is 0 Å². The van der Waals surface area contributed by atoms with E-state index in [4.69, 9.17) is 9.47 Å². The Morgan fingerprint density at radius 3 is 2.92 bits per heavy atom. The fourth-order valence-corrected chi connectivity index (χ4v) is 3.90. The Hall–Kier alpha value is -2.21. The minimum Gasteiger partial charge on any atom is -0.495 e. The molecule has 2 unspecified atom stereocenters. The quantitative estimate of drug-likeness (QED) is 0.837. The molecule has 0 radical (unpaired) electrons. The highest BCUT2D eigenvalue weighted by molar-refractivity contribution is 9.10. The third-order valence-electron chi connectivity index (χ3n) is 4.56. The molecule has 1 N–H and O–H groups in total. The number of benzene rings is 2. The van der Waals surface area contributed by atoms with E-state index in [1.54, 1.807) is 12.0 Å². The van der Waals surface area contributed by atoms with E-state index in [0.717, 1.165) is 15.8 Å². The number of methoxy groups -OCH3 is 1. The number of nitrogens with zero attached hydrogens (tertiary/aromatic N) is 1. The van der Waals surface area contributed by atoms with Crippen molar-refractivity contribution in [2.24, 2.45) is 0 Å². The first kappa shape index (κ1) is 15.3. The van der Waals surface area contributed by atoms with Crippen LogP contribution < -0.4 is 19.7 Å². The van der Waals surface area contributed by atoms with Crippen molar-refractivity contribution in [2.45, 2.75) is 25.1 Å². The molecule has 2 heterocycles. The third kappa shape index (κ3) is 2.24. The van der Waals surface area contributed by atoms with Crippen LogP contribution in [0.5, 0.6) is 11.5 Å². The zero-order valence-corrected chi connectivity index (χ0v) is 15.0. The van der Waals surface area contributed by atoms with Gasteiger partial charge < -0.3 is 14.8 Å². The molecule has 5 nitrogen and oxygen atoms in total. The summed E-state index contributed by atoms with van der Waals surface area (Å²) in [5.41, 5.74) is 0.913. The predicted molar refractivity (Wildman–Crippen MR) is 94.5 cm³/mol. The fraction of sp³-hybridized carbons (Fsp3) is 0.278. The van der Waals surface area contributed by atoms with Crippen molar-refractivity contribution in [3.8, 4) is 11.5 Å². The zero-order chi connectivity index (χ0) is 16.9. The van der Waals surface area contributed by atoms with Gasteiger partial charge in [0.25, 0.3) is 0 Å². The van der Waals surface area contributed by atoms with Gasteiger partial charge in [-0.1, -0.05) is 28.1 Å². The molecule has 2 aliphatic heterocycles. The Morgan fingerprint density at radius 1 is 1.33 bits per heavy atom. The Bertz CT molecular complexity index is 826. The Morgan fingerprint density at radius 2 is 2.12 bits per heavy atom. The molecule has 2 aliphatic rings. The lowest BCUT2D eigenvalue weighted by molar-refractivity contribution is 0.0375. The van der Waals surface area contributed by atoms with Gasteiger partial charge in [-0.15, -0.1) is 0 Å². The van der Waals surface area contributed by atoms with Gasteiger partial charge in [-0.3, -0.25) is 4.90 Å². The molecule has 2 atom stereocenters. The number of hydrogen-bond acceptors (Lipinski definition) is 3. The number of nitrogens with one attached hydrogen (secondary N) is 1. The molecule has 0 spiro atoms. The van der Waals surface area contributed by atoms with Crippen molar-refractivity contribution in [1.82, 2.24) is 5.32 Å². The number of ether oxygens (including phenoxy) is 2. The molecule has 4 rings (SSSR count). The van der Waals surface area contributed by atoms with E-state index in [2.05, 4.69) is 21.2 Å². The van der Waals surface area contributed by atoms with Gasteiger partial charge in [0.2, 0.25) is 0 Å². The lowest BCUT2D eigenvalue weighted by Gasteiger charge is -2.50. The SMILES string of the molecule is COc1ccccc1N1C(=O)NC2CC1(C)Oc1ccc(Br)cc12. The summed E-state index contributed by atoms with van der Waals surface area (Å²) in [5.74, 6) is 1.43. The van der Waals surface area contributed by atoms with Crippen LogP contribution in [0.2, 0.25) is 0 Å². The molecule has 0 aromatic heterocycles. The summed E-state index contributed by atoms with van der Waals surface area (Å²) >= 11 is 3.48. The standard InChI is InChI=1S/C18H17BrN2O3/c1-18-10-13(12-9-11(19)7-8-15(12)24-18)20-17(22)21(18)14-5-3-4-6-16(14)23-2/h3-9,13H,10H2,1-2H3,(H,20,22). The molecule has 2 aromatic carbocycles. The molecule has 2 aromatic rings. The topological polar surface area (TPSA) is 50.8 Å². The van der Waals surface area contributed by atoms with Gasteiger partial charge >= 0.3 is 6.03 Å². The molecule has 124 valence electrons. The van der Waals surface area contributed by atoms with Crippen molar-refractivity contribution in [3.63, 3.8) is 0 Å². The number of carbonyl (C=O) groups is 1. The number of hydrogen-bond donors (Lipinski definition) is 1. The smallest absolute Gasteiger partial charge is 0.325 e. The minimum atomic E-state index is -0.775. The summed E-state index contributed by atoms with van der Waals surface area (Å²) in [7, 11) is 1.60. The molecule has 0 saturated carbocycles. The number of para-hydroxylation sites is 2. The maximum atomic E-state index is 12.8. The van der Waals surface area contributed by atoms with Crippen molar-refractivity contribution in [3.05, 3.63) is 52.5 Å². The molecular formula is C18H17BrN2O3. The summed E-state index contributed by atoms with van der Waals surface area (Å²) < 4.78 is 12.7. The number of fused-ring (bicyclic) bond motifs is 4. The Labute approximate surface area is 148 Å². The summed E-state index contributed by atoms with van der Waals surface area (Å²) in [6.45, 7) is 1.94. The lowest BCUT2D eigenvalue weighted by atomic mass is 9.90. The van der Waals surface area contributed by atoms with E-state index in [-0.39, 0.29) is 12.1 Å². The van der Waals surface area contributed by atoms with Crippen LogP contribution >= 0.6 is 15.9 Å². The summed E-state index contributed by atoms with van der Waals surface area (Å²) in [5, 5.41) is 3.09. The highest BCUT2D eigenvalue weighted by atomic mass is 79.9. The number of halogens is 1. The molecule has 1 saturated heterocycles. The third-order valence-corrected chi connectivity index (χ3v) is 5.05. The normalized spacial score (nSPS) is 24.7. The first-order chi connectivity index (χ1) is 11.5. The average molecular weight is 389 g/mol. The van der Waals surface area contributed by atoms with E-state index in [0.29, 0.717) is 17.9 Å². The minimum absolute atomic E-state index is 0.0743. The van der Waals surface area contributed by atoms with E-state index in [1.165, 1.54) is 0 Å². The summed E-state index contributed by atoms with van der Waals surface area (Å²) in [6.07, 6.45) is 0.653. The number of rotatable bonds is 2. The molecule has 1 fully saturated rings. The van der Waals surface area contributed by atoms with E-state index >= 15 is 0 Å². The first-order valence-corrected chi connectivity index (χ1v) is 8.53. The maximum Gasteiger partial charge on any atom is 0.325 e. The number of urea groups is 1.